The van der Waals surface area contributed by atoms with E-state index >= 15 is 0 Å². The molecular formula is C23H27BrN2O6. The van der Waals surface area contributed by atoms with Crippen molar-refractivity contribution in [3.05, 3.63) is 70.7 Å². The van der Waals surface area contributed by atoms with Crippen LogP contribution in [0.5, 0.6) is 5.75 Å². The Morgan fingerprint density at radius 1 is 1.12 bits per heavy atom. The topological polar surface area (TPSA) is 117 Å². The SMILES string of the molecule is C[C@@H](CC/C=C/C(=O)NO)[C@@H](OC(=O)Nc1ccc(Br)cc1)c1ccc(OCCO)cc1. The van der Waals surface area contributed by atoms with Gasteiger partial charge in [-0.25, -0.2) is 10.3 Å². The molecule has 0 aliphatic carbocycles. The van der Waals surface area contributed by atoms with Gasteiger partial charge < -0.3 is 14.6 Å². The highest BCUT2D eigenvalue weighted by atomic mass is 79.9. The van der Waals surface area contributed by atoms with Crippen molar-refractivity contribution < 1.29 is 29.4 Å². The monoisotopic (exact) mass is 506 g/mol. The second-order valence-electron chi connectivity index (χ2n) is 7.03. The quantitative estimate of drug-likeness (QED) is 0.201. The zero-order valence-electron chi connectivity index (χ0n) is 17.7. The summed E-state index contributed by atoms with van der Waals surface area (Å²) in [6.07, 6.45) is 2.95. The van der Waals surface area contributed by atoms with E-state index in [1.165, 1.54) is 6.08 Å². The van der Waals surface area contributed by atoms with E-state index in [9.17, 15) is 9.59 Å². The van der Waals surface area contributed by atoms with E-state index in [2.05, 4.69) is 21.2 Å². The maximum atomic E-state index is 12.6. The highest BCUT2D eigenvalue weighted by Crippen LogP contribution is 2.31. The number of amides is 2. The Morgan fingerprint density at radius 2 is 1.81 bits per heavy atom. The molecule has 9 heteroatoms. The van der Waals surface area contributed by atoms with E-state index in [-0.39, 0.29) is 19.1 Å². The van der Waals surface area contributed by atoms with Gasteiger partial charge in [-0.05, 0) is 60.7 Å². The van der Waals surface area contributed by atoms with E-state index in [0.29, 0.717) is 24.3 Å². The van der Waals surface area contributed by atoms with Crippen molar-refractivity contribution >= 4 is 33.6 Å². The molecule has 0 heterocycles. The summed E-state index contributed by atoms with van der Waals surface area (Å²) in [5.74, 6) is -0.0685. The molecule has 172 valence electrons. The van der Waals surface area contributed by atoms with Crippen molar-refractivity contribution in [3.63, 3.8) is 0 Å². The standard InChI is InChI=1S/C23H27BrN2O6/c1-16(4-2-3-5-21(28)26-30)22(17-6-12-20(13-7-17)31-15-14-27)32-23(29)25-19-10-8-18(24)9-11-19/h3,5-13,16,22,27,30H,2,4,14-15H2,1H3,(H,25,29)(H,26,28)/b5-3+/t16-,22+/m0/s1. The fraction of sp³-hybridized carbons (Fsp3) is 0.304. The van der Waals surface area contributed by atoms with Gasteiger partial charge in [0, 0.05) is 16.2 Å². The first kappa shape index (κ1) is 25.4. The lowest BCUT2D eigenvalue weighted by Gasteiger charge is -2.25. The first-order valence-electron chi connectivity index (χ1n) is 10.1. The number of aliphatic hydroxyl groups is 1. The molecule has 4 N–H and O–H groups in total. The van der Waals surface area contributed by atoms with Gasteiger partial charge in [0.2, 0.25) is 0 Å². The molecule has 0 saturated heterocycles. The van der Waals surface area contributed by atoms with Crippen molar-refractivity contribution in [1.82, 2.24) is 5.48 Å². The summed E-state index contributed by atoms with van der Waals surface area (Å²) in [6, 6.07) is 14.3. The van der Waals surface area contributed by atoms with Crippen molar-refractivity contribution in [1.29, 1.82) is 0 Å². The molecule has 2 atom stereocenters. The molecule has 0 radical (unpaired) electrons. The molecule has 0 saturated carbocycles. The van der Waals surface area contributed by atoms with Gasteiger partial charge in [0.1, 0.15) is 18.5 Å². The third-order valence-electron chi connectivity index (χ3n) is 4.58. The first-order valence-corrected chi connectivity index (χ1v) is 10.9. The predicted octanol–water partition coefficient (Wildman–Crippen LogP) is 4.59. The van der Waals surface area contributed by atoms with Gasteiger partial charge in [0.05, 0.1) is 6.61 Å². The minimum absolute atomic E-state index is 0.0725. The molecule has 0 fully saturated rings. The predicted molar refractivity (Wildman–Crippen MR) is 123 cm³/mol. The van der Waals surface area contributed by atoms with E-state index < -0.39 is 18.1 Å². The van der Waals surface area contributed by atoms with Crippen molar-refractivity contribution in [3.8, 4) is 5.75 Å². The number of hydroxylamine groups is 1. The van der Waals surface area contributed by atoms with Crippen molar-refractivity contribution in [2.45, 2.75) is 25.9 Å². The Morgan fingerprint density at radius 3 is 2.44 bits per heavy atom. The molecule has 0 spiro atoms. The maximum absolute atomic E-state index is 12.6. The summed E-state index contributed by atoms with van der Waals surface area (Å²) in [6.45, 7) is 2.06. The minimum atomic E-state index is -0.599. The van der Waals surface area contributed by atoms with Crippen molar-refractivity contribution in [2.24, 2.45) is 5.92 Å². The molecule has 2 amide bonds. The highest BCUT2D eigenvalue weighted by Gasteiger charge is 2.23. The van der Waals surface area contributed by atoms with Gasteiger partial charge in [-0.2, -0.15) is 0 Å². The first-order chi connectivity index (χ1) is 15.4. The number of allylic oxidation sites excluding steroid dienone is 1. The number of hydrogen-bond donors (Lipinski definition) is 4. The van der Waals surface area contributed by atoms with Gasteiger partial charge in [-0.1, -0.05) is 41.1 Å². The molecule has 32 heavy (non-hydrogen) atoms. The summed E-state index contributed by atoms with van der Waals surface area (Å²) in [5.41, 5.74) is 2.94. The molecule has 2 aromatic carbocycles. The Hall–Kier alpha value is -2.88. The lowest BCUT2D eigenvalue weighted by atomic mass is 9.93. The van der Waals surface area contributed by atoms with E-state index in [1.54, 1.807) is 35.8 Å². The fourth-order valence-electron chi connectivity index (χ4n) is 2.96. The van der Waals surface area contributed by atoms with Crippen LogP contribution in [0.15, 0.2) is 65.2 Å². The van der Waals surface area contributed by atoms with E-state index in [4.69, 9.17) is 19.8 Å². The maximum Gasteiger partial charge on any atom is 0.412 e. The Labute approximate surface area is 195 Å². The third kappa shape index (κ3) is 8.70. The molecule has 0 bridgehead atoms. The number of carbonyl (C=O) groups is 2. The van der Waals surface area contributed by atoms with Crippen molar-refractivity contribution in [2.75, 3.05) is 18.5 Å². The Balaban J connectivity index is 2.10. The van der Waals surface area contributed by atoms with Gasteiger partial charge in [0.15, 0.2) is 0 Å². The van der Waals surface area contributed by atoms with Crippen LogP contribution in [0.3, 0.4) is 0 Å². The number of aliphatic hydroxyl groups excluding tert-OH is 1. The van der Waals surface area contributed by atoms with E-state index in [1.807, 2.05) is 31.2 Å². The molecule has 2 rings (SSSR count). The highest BCUT2D eigenvalue weighted by molar-refractivity contribution is 9.10. The summed E-state index contributed by atoms with van der Waals surface area (Å²) in [4.78, 5) is 23.7. The number of rotatable bonds is 11. The number of benzene rings is 2. The van der Waals surface area contributed by atoms with Crippen LogP contribution in [0, 0.1) is 5.92 Å². The number of nitrogens with one attached hydrogen (secondary N) is 2. The van der Waals surface area contributed by atoms with Crippen LogP contribution in [0.1, 0.15) is 31.4 Å². The van der Waals surface area contributed by atoms with Crippen LogP contribution >= 0.6 is 15.9 Å². The molecular weight excluding hydrogens is 480 g/mol. The summed E-state index contributed by atoms with van der Waals surface area (Å²) in [7, 11) is 0. The number of carbonyl (C=O) groups excluding carboxylic acids is 2. The van der Waals surface area contributed by atoms with Crippen LogP contribution in [0.2, 0.25) is 0 Å². The summed E-state index contributed by atoms with van der Waals surface area (Å²) < 4.78 is 12.1. The molecule has 0 aliphatic rings. The summed E-state index contributed by atoms with van der Waals surface area (Å²) in [5, 5.41) is 20.2. The van der Waals surface area contributed by atoms with Gasteiger partial charge >= 0.3 is 6.09 Å². The molecule has 0 aliphatic heterocycles. The second kappa shape index (κ2) is 13.5. The lowest BCUT2D eigenvalue weighted by Crippen LogP contribution is -2.22. The summed E-state index contributed by atoms with van der Waals surface area (Å²) >= 11 is 3.35. The average Bonchev–Trinajstić information content (AvgIpc) is 2.80. The minimum Gasteiger partial charge on any atom is -0.491 e. The van der Waals surface area contributed by atoms with Crippen LogP contribution in [0.25, 0.3) is 0 Å². The normalized spacial score (nSPS) is 12.8. The second-order valence-corrected chi connectivity index (χ2v) is 7.95. The Kier molecular flexibility index (Phi) is 10.7. The van der Waals surface area contributed by atoms with Crippen LogP contribution in [0.4, 0.5) is 10.5 Å². The van der Waals surface area contributed by atoms with Crippen LogP contribution < -0.4 is 15.5 Å². The Bertz CT molecular complexity index is 886. The fourth-order valence-corrected chi connectivity index (χ4v) is 3.23. The smallest absolute Gasteiger partial charge is 0.412 e. The number of halogens is 1. The lowest BCUT2D eigenvalue weighted by molar-refractivity contribution is -0.124. The number of hydrogen-bond acceptors (Lipinski definition) is 6. The van der Waals surface area contributed by atoms with Crippen LogP contribution in [-0.4, -0.2) is 35.5 Å². The average molecular weight is 507 g/mol. The van der Waals surface area contributed by atoms with Gasteiger partial charge in [-0.3, -0.25) is 15.3 Å². The molecule has 8 nitrogen and oxygen atoms in total. The number of anilines is 1. The zero-order chi connectivity index (χ0) is 23.3. The largest absolute Gasteiger partial charge is 0.491 e. The molecule has 0 aromatic heterocycles. The van der Waals surface area contributed by atoms with E-state index in [0.717, 1.165) is 10.0 Å². The van der Waals surface area contributed by atoms with Gasteiger partial charge in [-0.15, -0.1) is 0 Å². The number of ether oxygens (including phenoxy) is 2. The molecule has 2 aromatic rings. The van der Waals surface area contributed by atoms with Crippen LogP contribution in [-0.2, 0) is 9.53 Å². The third-order valence-corrected chi connectivity index (χ3v) is 5.11. The molecule has 0 unspecified atom stereocenters. The van der Waals surface area contributed by atoms with Gasteiger partial charge in [0.25, 0.3) is 5.91 Å². The zero-order valence-corrected chi connectivity index (χ0v) is 19.2.